The van der Waals surface area contributed by atoms with E-state index in [0.29, 0.717) is 0 Å². The molecule has 0 radical (unpaired) electrons. The number of aryl methyl sites for hydroxylation is 1. The molecular weight excluding hydrogens is 456 g/mol. The highest BCUT2D eigenvalue weighted by molar-refractivity contribution is 6.20. The average molecular weight is 481 g/mol. The Bertz CT molecular complexity index is 2100. The zero-order chi connectivity index (χ0) is 25.0. The van der Waals surface area contributed by atoms with Crippen LogP contribution in [0.25, 0.3) is 54.6 Å². The van der Waals surface area contributed by atoms with E-state index in [4.69, 9.17) is 0 Å². The van der Waals surface area contributed by atoms with Gasteiger partial charge in [0, 0.05) is 0 Å². The summed E-state index contributed by atoms with van der Waals surface area (Å²) in [6.45, 7) is 2.19. The third kappa shape index (κ3) is 2.28. The molecule has 2 aliphatic carbocycles. The van der Waals surface area contributed by atoms with Crippen LogP contribution in [0.1, 0.15) is 27.8 Å². The number of hydrogen-bond donors (Lipinski definition) is 0. The van der Waals surface area contributed by atoms with Crippen molar-refractivity contribution in [1.82, 2.24) is 0 Å². The van der Waals surface area contributed by atoms with Crippen molar-refractivity contribution in [2.75, 3.05) is 0 Å². The van der Waals surface area contributed by atoms with E-state index in [2.05, 4.69) is 134 Å². The molecule has 38 heavy (non-hydrogen) atoms. The van der Waals surface area contributed by atoms with Crippen molar-refractivity contribution in [3.05, 3.63) is 155 Å². The highest BCUT2D eigenvalue weighted by Gasteiger charge is 2.53. The molecule has 176 valence electrons. The molecule has 7 aromatic carbocycles. The minimum Gasteiger partial charge on any atom is -0.0619 e. The standard InChI is InChI=1S/C38H24/c1-23-18-19-24-21-32-35(22-25(24)20-23)38(33-16-8-6-12-28(33)29-13-7-9-17-34(29)38)37-31-15-5-3-11-27(31)26-10-2-4-14-30(26)36(32)37/h2-22H,1H3. The number of benzene rings is 7. The third-order valence-corrected chi connectivity index (χ3v) is 9.07. The summed E-state index contributed by atoms with van der Waals surface area (Å²) in [5.74, 6) is 0. The van der Waals surface area contributed by atoms with Crippen LogP contribution >= 0.6 is 0 Å². The molecule has 0 atom stereocenters. The predicted octanol–water partition coefficient (Wildman–Crippen LogP) is 9.80. The maximum atomic E-state index is 2.50. The van der Waals surface area contributed by atoms with Crippen molar-refractivity contribution in [2.24, 2.45) is 0 Å². The molecule has 7 aromatic rings. The molecule has 0 nitrogen and oxygen atoms in total. The lowest BCUT2D eigenvalue weighted by Gasteiger charge is -2.32. The average Bonchev–Trinajstić information content (AvgIpc) is 3.43. The fraction of sp³-hybridized carbons (Fsp3) is 0.0526. The van der Waals surface area contributed by atoms with Crippen LogP contribution < -0.4 is 0 Å². The Balaban J connectivity index is 1.61. The first-order valence-corrected chi connectivity index (χ1v) is 13.5. The molecule has 2 aliphatic rings. The van der Waals surface area contributed by atoms with Gasteiger partial charge in [0.05, 0.1) is 5.41 Å². The lowest BCUT2D eigenvalue weighted by Crippen LogP contribution is -2.26. The molecule has 0 amide bonds. The third-order valence-electron chi connectivity index (χ3n) is 9.07. The zero-order valence-corrected chi connectivity index (χ0v) is 21.1. The molecule has 9 rings (SSSR count). The summed E-state index contributed by atoms with van der Waals surface area (Å²) in [7, 11) is 0. The lowest BCUT2D eigenvalue weighted by atomic mass is 9.69. The molecule has 0 heterocycles. The van der Waals surface area contributed by atoms with Crippen LogP contribution in [0, 0.1) is 6.92 Å². The summed E-state index contributed by atoms with van der Waals surface area (Å²) >= 11 is 0. The van der Waals surface area contributed by atoms with Gasteiger partial charge in [0.15, 0.2) is 0 Å². The first-order valence-electron chi connectivity index (χ1n) is 13.5. The Kier molecular flexibility index (Phi) is 3.75. The van der Waals surface area contributed by atoms with Crippen molar-refractivity contribution in [2.45, 2.75) is 12.3 Å². The van der Waals surface area contributed by atoms with Gasteiger partial charge >= 0.3 is 0 Å². The summed E-state index contributed by atoms with van der Waals surface area (Å²) in [5, 5.41) is 7.96. The molecule has 0 aromatic heterocycles. The maximum Gasteiger partial charge on any atom is 0.0731 e. The first kappa shape index (κ1) is 20.4. The maximum absolute atomic E-state index is 2.50. The molecule has 0 unspecified atom stereocenters. The van der Waals surface area contributed by atoms with E-state index in [-0.39, 0.29) is 5.41 Å². The van der Waals surface area contributed by atoms with Gasteiger partial charge in [-0.1, -0.05) is 121 Å². The van der Waals surface area contributed by atoms with Crippen molar-refractivity contribution >= 4 is 32.3 Å². The van der Waals surface area contributed by atoms with Crippen LogP contribution in [-0.4, -0.2) is 0 Å². The summed E-state index contributed by atoms with van der Waals surface area (Å²) in [6.07, 6.45) is 0. The van der Waals surface area contributed by atoms with Crippen LogP contribution in [0.15, 0.2) is 127 Å². The fourth-order valence-electron chi connectivity index (χ4n) is 7.67. The summed E-state index contributed by atoms with van der Waals surface area (Å²) in [5.41, 5.74) is 12.0. The van der Waals surface area contributed by atoms with E-state index in [1.54, 1.807) is 0 Å². The van der Waals surface area contributed by atoms with Gasteiger partial charge in [-0.05, 0) is 95.9 Å². The van der Waals surface area contributed by atoms with Crippen LogP contribution in [-0.2, 0) is 5.41 Å². The monoisotopic (exact) mass is 480 g/mol. The second-order valence-corrected chi connectivity index (χ2v) is 10.9. The minimum absolute atomic E-state index is 0.362. The van der Waals surface area contributed by atoms with Crippen LogP contribution in [0.2, 0.25) is 0 Å². The van der Waals surface area contributed by atoms with Crippen LogP contribution in [0.4, 0.5) is 0 Å². The number of fused-ring (bicyclic) bond motifs is 16. The highest BCUT2D eigenvalue weighted by Crippen LogP contribution is 2.65. The molecule has 0 heteroatoms. The van der Waals surface area contributed by atoms with Gasteiger partial charge in [0.25, 0.3) is 0 Å². The van der Waals surface area contributed by atoms with Crippen molar-refractivity contribution in [3.8, 4) is 22.3 Å². The van der Waals surface area contributed by atoms with E-state index in [9.17, 15) is 0 Å². The molecule has 0 saturated heterocycles. The number of hydrogen-bond acceptors (Lipinski definition) is 0. The second kappa shape index (κ2) is 7.00. The molecule has 0 fully saturated rings. The van der Waals surface area contributed by atoms with E-state index in [1.165, 1.54) is 82.4 Å². The van der Waals surface area contributed by atoms with Gasteiger partial charge in [-0.25, -0.2) is 0 Å². The quantitative estimate of drug-likeness (QED) is 0.189. The summed E-state index contributed by atoms with van der Waals surface area (Å²) < 4.78 is 0. The Hall–Kier alpha value is -4.68. The Labute approximate surface area is 221 Å². The smallest absolute Gasteiger partial charge is 0.0619 e. The highest BCUT2D eigenvalue weighted by atomic mass is 14.5. The van der Waals surface area contributed by atoms with Crippen molar-refractivity contribution in [1.29, 1.82) is 0 Å². The normalized spacial score (nSPS) is 14.1. The van der Waals surface area contributed by atoms with Crippen LogP contribution in [0.5, 0.6) is 0 Å². The largest absolute Gasteiger partial charge is 0.0731 e. The van der Waals surface area contributed by atoms with E-state index in [0.717, 1.165) is 0 Å². The van der Waals surface area contributed by atoms with E-state index >= 15 is 0 Å². The van der Waals surface area contributed by atoms with E-state index in [1.807, 2.05) is 0 Å². The molecule has 0 bridgehead atoms. The second-order valence-electron chi connectivity index (χ2n) is 10.9. The molecule has 0 aliphatic heterocycles. The van der Waals surface area contributed by atoms with Gasteiger partial charge < -0.3 is 0 Å². The van der Waals surface area contributed by atoms with Crippen molar-refractivity contribution < 1.29 is 0 Å². The lowest BCUT2D eigenvalue weighted by molar-refractivity contribution is 0.803. The molecular formula is C38H24. The molecule has 1 spiro atoms. The SMILES string of the molecule is Cc1ccc2cc3c(cc2c1)C1(c2ccccc2-c2ccccc21)c1c-3c2ccccc2c2ccccc12. The van der Waals surface area contributed by atoms with Gasteiger partial charge in [-0.2, -0.15) is 0 Å². The Morgan fingerprint density at radius 3 is 1.71 bits per heavy atom. The molecule has 0 N–H and O–H groups in total. The zero-order valence-electron chi connectivity index (χ0n) is 21.1. The van der Waals surface area contributed by atoms with Gasteiger partial charge in [-0.3, -0.25) is 0 Å². The van der Waals surface area contributed by atoms with Gasteiger partial charge in [-0.15, -0.1) is 0 Å². The first-order chi connectivity index (χ1) is 18.8. The Morgan fingerprint density at radius 2 is 1.00 bits per heavy atom. The van der Waals surface area contributed by atoms with Gasteiger partial charge in [0.2, 0.25) is 0 Å². The topological polar surface area (TPSA) is 0 Å². The predicted molar refractivity (Wildman–Crippen MR) is 160 cm³/mol. The minimum atomic E-state index is -0.362. The molecule has 0 saturated carbocycles. The Morgan fingerprint density at radius 1 is 0.421 bits per heavy atom. The summed E-state index contributed by atoms with van der Waals surface area (Å²) in [6, 6.07) is 48.1. The van der Waals surface area contributed by atoms with Crippen molar-refractivity contribution in [3.63, 3.8) is 0 Å². The van der Waals surface area contributed by atoms with Gasteiger partial charge in [0.1, 0.15) is 0 Å². The summed E-state index contributed by atoms with van der Waals surface area (Å²) in [4.78, 5) is 0. The fourth-order valence-corrected chi connectivity index (χ4v) is 7.67. The number of rotatable bonds is 0. The van der Waals surface area contributed by atoms with E-state index < -0.39 is 0 Å². The van der Waals surface area contributed by atoms with Crippen LogP contribution in [0.3, 0.4) is 0 Å².